The van der Waals surface area contributed by atoms with Crippen molar-refractivity contribution < 1.29 is 31.5 Å². The summed E-state index contributed by atoms with van der Waals surface area (Å²) in [5, 5.41) is -1.58. The van der Waals surface area contributed by atoms with Crippen LogP contribution in [0, 0.1) is 0 Å². The zero-order valence-corrected chi connectivity index (χ0v) is 22.1. The van der Waals surface area contributed by atoms with Crippen molar-refractivity contribution in [2.24, 2.45) is 0 Å². The van der Waals surface area contributed by atoms with Crippen molar-refractivity contribution in [3.05, 3.63) is 107 Å². The van der Waals surface area contributed by atoms with E-state index >= 15 is 0 Å². The maximum absolute atomic E-state index is 13.7. The molecule has 3 aromatic rings. The number of fused-ring (bicyclic) bond motifs is 1. The fourth-order valence-corrected chi connectivity index (χ4v) is 7.85. The van der Waals surface area contributed by atoms with Crippen molar-refractivity contribution in [3.63, 3.8) is 0 Å². The van der Waals surface area contributed by atoms with Crippen LogP contribution < -0.4 is 0 Å². The maximum atomic E-state index is 13.7. The molecule has 196 valence electrons. The van der Waals surface area contributed by atoms with E-state index in [2.05, 4.69) is 4.98 Å². The Hall–Kier alpha value is -3.67. The Labute approximate surface area is 222 Å². The van der Waals surface area contributed by atoms with Gasteiger partial charge in [-0.15, -0.1) is 0 Å². The van der Waals surface area contributed by atoms with Gasteiger partial charge in [0.25, 0.3) is 5.91 Å². The Morgan fingerprint density at radius 3 is 2.05 bits per heavy atom. The minimum absolute atomic E-state index is 0.00332. The van der Waals surface area contributed by atoms with Gasteiger partial charge in [-0.05, 0) is 37.1 Å². The molecule has 0 radical (unpaired) electrons. The van der Waals surface area contributed by atoms with Gasteiger partial charge in [-0.25, -0.2) is 17.4 Å². The third kappa shape index (κ3) is 3.98. The number of benzene rings is 2. The summed E-state index contributed by atoms with van der Waals surface area (Å²) in [5.41, 5.74) is 0.982. The summed E-state index contributed by atoms with van der Waals surface area (Å²) >= 11 is -2.71. The highest BCUT2D eigenvalue weighted by Crippen LogP contribution is 2.51. The maximum Gasteiger partial charge on any atom is 0.331 e. The van der Waals surface area contributed by atoms with E-state index in [-0.39, 0.29) is 11.3 Å². The van der Waals surface area contributed by atoms with Gasteiger partial charge in [0.05, 0.1) is 11.3 Å². The SMILES string of the molecule is CC1(C)[C@H](C(=O)OC(c2ccccc2)c2ccccc2)N2C(=O)/C(=C(/c3ccccn3)S(=O)O)C2S1(=O)=O. The first-order valence-corrected chi connectivity index (χ1v) is 14.4. The lowest BCUT2D eigenvalue weighted by Crippen LogP contribution is -2.59. The fourth-order valence-electron chi connectivity index (χ4n) is 4.95. The number of hydrogen-bond acceptors (Lipinski definition) is 7. The number of nitrogens with zero attached hydrogens (tertiary/aromatic N) is 2. The summed E-state index contributed by atoms with van der Waals surface area (Å²) in [5.74, 6) is -1.72. The van der Waals surface area contributed by atoms with Crippen LogP contribution in [0.5, 0.6) is 0 Å². The van der Waals surface area contributed by atoms with E-state index in [4.69, 9.17) is 4.74 Å². The second kappa shape index (κ2) is 9.57. The Kier molecular flexibility index (Phi) is 6.54. The molecule has 0 spiro atoms. The van der Waals surface area contributed by atoms with Crippen LogP contribution in [0.1, 0.15) is 36.8 Å². The van der Waals surface area contributed by atoms with Crippen molar-refractivity contribution in [3.8, 4) is 0 Å². The summed E-state index contributed by atoms with van der Waals surface area (Å²) in [6.07, 6.45) is 0.521. The van der Waals surface area contributed by atoms with Gasteiger partial charge in [-0.2, -0.15) is 0 Å². The van der Waals surface area contributed by atoms with Crippen molar-refractivity contribution in [2.45, 2.75) is 36.1 Å². The normalized spacial score (nSPS) is 23.4. The molecule has 3 heterocycles. The van der Waals surface area contributed by atoms with E-state index in [1.807, 2.05) is 12.1 Å². The number of amides is 1. The molecule has 2 aromatic carbocycles. The number of aromatic nitrogens is 1. The zero-order valence-electron chi connectivity index (χ0n) is 20.4. The average molecular weight is 553 g/mol. The van der Waals surface area contributed by atoms with Crippen molar-refractivity contribution >= 4 is 37.7 Å². The van der Waals surface area contributed by atoms with Crippen LogP contribution in [0.2, 0.25) is 0 Å². The number of ether oxygens (including phenoxy) is 1. The topological polar surface area (TPSA) is 131 Å². The third-order valence-electron chi connectivity index (χ3n) is 6.91. The summed E-state index contributed by atoms with van der Waals surface area (Å²) in [6.45, 7) is 2.71. The predicted octanol–water partition coefficient (Wildman–Crippen LogP) is 3.09. The van der Waals surface area contributed by atoms with Crippen LogP contribution in [0.25, 0.3) is 4.91 Å². The standard InChI is InChI=1S/C27H24N2O7S2/c1-27(2)23(26(31)36-21(17-11-5-3-6-12-17)18-13-7-4-8-14-18)29-24(30)20(25(29)38(27,34)35)22(37(32)33)19-15-9-10-16-28-19/h3-16,21,23,25H,1-2H3,(H,32,33)/b22-20+/t23-,25?/m0/s1. The molecular formula is C27H24N2O7S2. The van der Waals surface area contributed by atoms with E-state index in [9.17, 15) is 26.8 Å². The number of sulfone groups is 1. The van der Waals surface area contributed by atoms with Crippen LogP contribution in [0.3, 0.4) is 0 Å². The molecule has 38 heavy (non-hydrogen) atoms. The fraction of sp³-hybridized carbons (Fsp3) is 0.222. The van der Waals surface area contributed by atoms with Crippen molar-refractivity contribution in [1.82, 2.24) is 9.88 Å². The highest BCUT2D eigenvalue weighted by Gasteiger charge is 2.71. The molecule has 0 saturated carbocycles. The van der Waals surface area contributed by atoms with Crippen LogP contribution in [0.15, 0.2) is 90.6 Å². The van der Waals surface area contributed by atoms with Gasteiger partial charge in [-0.1, -0.05) is 66.7 Å². The van der Waals surface area contributed by atoms with Crippen LogP contribution in [-0.4, -0.2) is 55.1 Å². The van der Waals surface area contributed by atoms with Crippen molar-refractivity contribution in [1.29, 1.82) is 0 Å². The zero-order chi connectivity index (χ0) is 27.2. The Morgan fingerprint density at radius 2 is 1.55 bits per heavy atom. The second-order valence-electron chi connectivity index (χ2n) is 9.46. The highest BCUT2D eigenvalue weighted by molar-refractivity contribution is 7.94. The molecule has 2 aliphatic heterocycles. The number of β-lactam (4-membered cyclic amide) rings is 1. The minimum atomic E-state index is -4.22. The van der Waals surface area contributed by atoms with Crippen molar-refractivity contribution in [2.75, 3.05) is 0 Å². The van der Waals surface area contributed by atoms with Crippen LogP contribution >= 0.6 is 0 Å². The molecule has 2 saturated heterocycles. The van der Waals surface area contributed by atoms with Gasteiger partial charge in [0.2, 0.25) is 0 Å². The van der Waals surface area contributed by atoms with Gasteiger partial charge < -0.3 is 14.2 Å². The number of pyridine rings is 1. The quantitative estimate of drug-likeness (QED) is 0.214. The second-order valence-corrected chi connectivity index (χ2v) is 13.0. The lowest BCUT2D eigenvalue weighted by molar-refractivity contribution is -0.160. The Balaban J connectivity index is 1.57. The van der Waals surface area contributed by atoms with Gasteiger partial charge >= 0.3 is 5.97 Å². The molecule has 9 nitrogen and oxygen atoms in total. The molecule has 1 amide bonds. The number of carbonyl (C=O) groups is 2. The van der Waals surface area contributed by atoms with Crippen LogP contribution in [-0.2, 0) is 35.2 Å². The summed E-state index contributed by atoms with van der Waals surface area (Å²) in [7, 11) is -4.22. The molecule has 11 heteroatoms. The lowest BCUT2D eigenvalue weighted by atomic mass is 9.94. The molecule has 2 unspecified atom stereocenters. The molecule has 3 atom stereocenters. The molecule has 0 aliphatic carbocycles. The molecule has 0 bridgehead atoms. The number of rotatable bonds is 6. The molecular weight excluding hydrogens is 528 g/mol. The van der Waals surface area contributed by atoms with E-state index in [1.165, 1.54) is 26.1 Å². The summed E-state index contributed by atoms with van der Waals surface area (Å²) in [4.78, 5) is 31.7. The van der Waals surface area contributed by atoms with Gasteiger partial charge in [0.15, 0.2) is 38.4 Å². The minimum Gasteiger partial charge on any atom is -0.451 e. The predicted molar refractivity (Wildman–Crippen MR) is 140 cm³/mol. The molecule has 5 rings (SSSR count). The van der Waals surface area contributed by atoms with E-state index in [0.29, 0.717) is 11.1 Å². The van der Waals surface area contributed by atoms with Gasteiger partial charge in [0, 0.05) is 6.20 Å². The Morgan fingerprint density at radius 1 is 1.00 bits per heavy atom. The largest absolute Gasteiger partial charge is 0.451 e. The number of hydrogen-bond donors (Lipinski definition) is 1. The summed E-state index contributed by atoms with van der Waals surface area (Å²) < 4.78 is 53.9. The third-order valence-corrected chi connectivity index (χ3v) is 10.4. The highest BCUT2D eigenvalue weighted by atomic mass is 32.2. The lowest BCUT2D eigenvalue weighted by Gasteiger charge is -2.39. The Bertz CT molecular complexity index is 1520. The first kappa shape index (κ1) is 26.0. The molecule has 2 aliphatic rings. The van der Waals surface area contributed by atoms with Gasteiger partial charge in [0.1, 0.15) is 9.65 Å². The molecule has 2 fully saturated rings. The molecule has 1 N–H and O–H groups in total. The van der Waals surface area contributed by atoms with Crippen LogP contribution in [0.4, 0.5) is 0 Å². The first-order chi connectivity index (χ1) is 18.1. The number of esters is 1. The number of carbonyl (C=O) groups excluding carboxylic acids is 2. The van der Waals surface area contributed by atoms with Gasteiger partial charge in [-0.3, -0.25) is 9.78 Å². The van der Waals surface area contributed by atoms with E-state index < -0.39 is 60.0 Å². The first-order valence-electron chi connectivity index (χ1n) is 11.7. The summed E-state index contributed by atoms with van der Waals surface area (Å²) in [6, 6.07) is 21.0. The molecule has 1 aromatic heterocycles. The van der Waals surface area contributed by atoms with E-state index in [0.717, 1.165) is 4.90 Å². The average Bonchev–Trinajstić information content (AvgIpc) is 3.05. The van der Waals surface area contributed by atoms with E-state index in [1.54, 1.807) is 60.7 Å². The smallest absolute Gasteiger partial charge is 0.331 e. The monoisotopic (exact) mass is 552 g/mol.